The molecular weight excluding hydrogens is 509 g/mol. The highest BCUT2D eigenvalue weighted by atomic mass is 32.2. The number of hydrogen-bond acceptors (Lipinski definition) is 9. The number of fused-ring (bicyclic) bond motifs is 2. The summed E-state index contributed by atoms with van der Waals surface area (Å²) in [5.74, 6) is 0.450. The van der Waals surface area contributed by atoms with Crippen LogP contribution in [0.3, 0.4) is 0 Å². The van der Waals surface area contributed by atoms with Crippen molar-refractivity contribution in [1.29, 1.82) is 0 Å². The lowest BCUT2D eigenvalue weighted by Crippen LogP contribution is -2.32. The Morgan fingerprint density at radius 3 is 2.92 bits per heavy atom. The minimum absolute atomic E-state index is 0.00834. The van der Waals surface area contributed by atoms with E-state index in [1.807, 2.05) is 13.0 Å². The molecule has 1 N–H and O–H groups in total. The van der Waals surface area contributed by atoms with Gasteiger partial charge < -0.3 is 19.5 Å². The molecule has 4 heterocycles. The monoisotopic (exact) mass is 535 g/mol. The van der Waals surface area contributed by atoms with Crippen LogP contribution in [0.2, 0.25) is 0 Å². The van der Waals surface area contributed by atoms with Gasteiger partial charge in [0.15, 0.2) is 6.10 Å². The summed E-state index contributed by atoms with van der Waals surface area (Å²) in [4.78, 5) is 13.5. The molecule has 196 valence electrons. The molecule has 2 fully saturated rings. The van der Waals surface area contributed by atoms with E-state index in [1.54, 1.807) is 42.9 Å². The quantitative estimate of drug-likeness (QED) is 0.370. The number of hydrogen-bond donors (Lipinski definition) is 1. The predicted molar refractivity (Wildman–Crippen MR) is 141 cm³/mol. The standard InChI is InChI=1S/C27H26FN5O4S/c1-16-10-18(33-38(2,34)19-4-3-8-29-13-19)12-21-25(16)27(31-15-30-21)32-20-6-5-17(28)11-23(20)37-24-14-36-22-7-9-35-26(22)24/h3-6,8,10-13,15,22,24,26H,7,9,14H2,1-2H3,(H,30,31,32)/t22-,24-,26+,38?/m1/s1. The normalized spacial score (nSPS) is 22.1. The van der Waals surface area contributed by atoms with Crippen LogP contribution >= 0.6 is 0 Å². The lowest BCUT2D eigenvalue weighted by Gasteiger charge is -2.21. The van der Waals surface area contributed by atoms with Gasteiger partial charge in [0.25, 0.3) is 0 Å². The molecule has 0 bridgehead atoms. The van der Waals surface area contributed by atoms with Crippen molar-refractivity contribution < 1.29 is 22.8 Å². The van der Waals surface area contributed by atoms with Crippen molar-refractivity contribution in [3.05, 3.63) is 72.6 Å². The zero-order valence-corrected chi connectivity index (χ0v) is 21.7. The van der Waals surface area contributed by atoms with Crippen molar-refractivity contribution in [2.45, 2.75) is 36.6 Å². The van der Waals surface area contributed by atoms with E-state index in [4.69, 9.17) is 14.2 Å². The molecule has 0 amide bonds. The summed E-state index contributed by atoms with van der Waals surface area (Å²) in [7, 11) is -2.70. The number of anilines is 2. The van der Waals surface area contributed by atoms with E-state index in [-0.39, 0.29) is 18.3 Å². The number of aromatic nitrogens is 3. The molecule has 1 unspecified atom stereocenters. The predicted octanol–water partition coefficient (Wildman–Crippen LogP) is 4.94. The molecule has 0 spiro atoms. The Kier molecular flexibility index (Phi) is 6.42. The Morgan fingerprint density at radius 1 is 1.18 bits per heavy atom. The van der Waals surface area contributed by atoms with Gasteiger partial charge in [0.1, 0.15) is 29.8 Å². The van der Waals surface area contributed by atoms with Gasteiger partial charge >= 0.3 is 0 Å². The fourth-order valence-electron chi connectivity index (χ4n) is 4.86. The fraction of sp³-hybridized carbons (Fsp3) is 0.296. The van der Waals surface area contributed by atoms with Gasteiger partial charge in [0.2, 0.25) is 0 Å². The van der Waals surface area contributed by atoms with Gasteiger partial charge in [-0.25, -0.2) is 18.6 Å². The third-order valence-corrected chi connectivity index (χ3v) is 8.34. The number of halogens is 1. The molecule has 0 saturated carbocycles. The molecule has 9 nitrogen and oxygen atoms in total. The first-order valence-corrected chi connectivity index (χ1v) is 14.1. The van der Waals surface area contributed by atoms with Crippen LogP contribution < -0.4 is 10.1 Å². The summed E-state index contributed by atoms with van der Waals surface area (Å²) in [6.07, 6.45) is 6.54. The molecule has 4 atom stereocenters. The van der Waals surface area contributed by atoms with Gasteiger partial charge in [-0.3, -0.25) is 4.98 Å². The van der Waals surface area contributed by atoms with Crippen LogP contribution in [-0.2, 0) is 19.2 Å². The molecule has 38 heavy (non-hydrogen) atoms. The first-order chi connectivity index (χ1) is 18.4. The largest absolute Gasteiger partial charge is 0.483 e. The number of aryl methyl sites for hydroxylation is 1. The number of nitrogens with one attached hydrogen (secondary N) is 1. The van der Waals surface area contributed by atoms with Crippen LogP contribution in [0.1, 0.15) is 12.0 Å². The first-order valence-electron chi connectivity index (χ1n) is 12.2. The molecule has 2 aliphatic heterocycles. The second kappa shape index (κ2) is 9.90. The number of pyridine rings is 1. The zero-order chi connectivity index (χ0) is 26.3. The van der Waals surface area contributed by atoms with Crippen molar-refractivity contribution in [3.63, 3.8) is 0 Å². The van der Waals surface area contributed by atoms with Gasteiger partial charge in [-0.15, -0.1) is 0 Å². The van der Waals surface area contributed by atoms with E-state index in [0.717, 1.165) is 17.4 Å². The Hall–Kier alpha value is -3.67. The highest BCUT2D eigenvalue weighted by molar-refractivity contribution is 7.93. The van der Waals surface area contributed by atoms with Crippen LogP contribution in [0.5, 0.6) is 5.75 Å². The Morgan fingerprint density at radius 2 is 2.08 bits per heavy atom. The highest BCUT2D eigenvalue weighted by Gasteiger charge is 2.43. The van der Waals surface area contributed by atoms with Crippen molar-refractivity contribution in [1.82, 2.24) is 15.0 Å². The topological polar surface area (TPSA) is 108 Å². The molecule has 0 radical (unpaired) electrons. The Bertz CT molecular complexity index is 1630. The molecule has 2 aromatic heterocycles. The van der Waals surface area contributed by atoms with Crippen molar-refractivity contribution in [2.24, 2.45) is 4.36 Å². The summed E-state index contributed by atoms with van der Waals surface area (Å²) in [5.41, 5.74) is 2.55. The average molecular weight is 536 g/mol. The zero-order valence-electron chi connectivity index (χ0n) is 20.8. The maximum Gasteiger partial charge on any atom is 0.151 e. The maximum absolute atomic E-state index is 14.2. The fourth-order valence-corrected chi connectivity index (χ4v) is 6.06. The van der Waals surface area contributed by atoms with Gasteiger partial charge in [0.05, 0.1) is 44.2 Å². The van der Waals surface area contributed by atoms with E-state index >= 15 is 0 Å². The summed E-state index contributed by atoms with van der Waals surface area (Å²) in [6.45, 7) is 2.92. The minimum Gasteiger partial charge on any atom is -0.483 e. The summed E-state index contributed by atoms with van der Waals surface area (Å²) in [6, 6.07) is 11.4. The average Bonchev–Trinajstić information content (AvgIpc) is 3.51. The molecule has 2 aliphatic rings. The molecular formula is C27H26FN5O4S. The van der Waals surface area contributed by atoms with Crippen LogP contribution in [-0.4, -0.2) is 56.9 Å². The molecule has 2 aromatic carbocycles. The maximum atomic E-state index is 14.2. The summed E-state index contributed by atoms with van der Waals surface area (Å²) < 4.78 is 49.7. The number of nitrogens with zero attached hydrogens (tertiary/aromatic N) is 4. The summed E-state index contributed by atoms with van der Waals surface area (Å²) >= 11 is 0. The van der Waals surface area contributed by atoms with Crippen LogP contribution in [0.25, 0.3) is 10.9 Å². The first kappa shape index (κ1) is 24.7. The third kappa shape index (κ3) is 4.80. The van der Waals surface area contributed by atoms with Gasteiger partial charge in [0, 0.05) is 36.7 Å². The third-order valence-electron chi connectivity index (χ3n) is 6.67. The van der Waals surface area contributed by atoms with Crippen molar-refractivity contribution >= 4 is 37.8 Å². The molecule has 4 aromatic rings. The van der Waals surface area contributed by atoms with Crippen LogP contribution in [0.4, 0.5) is 21.6 Å². The summed E-state index contributed by atoms with van der Waals surface area (Å²) in [5, 5.41) is 4.05. The Balaban J connectivity index is 1.33. The van der Waals surface area contributed by atoms with E-state index in [2.05, 4.69) is 24.6 Å². The van der Waals surface area contributed by atoms with Crippen LogP contribution in [0, 0.1) is 12.7 Å². The second-order valence-electron chi connectivity index (χ2n) is 9.38. The van der Waals surface area contributed by atoms with E-state index in [0.29, 0.717) is 46.6 Å². The molecule has 2 saturated heterocycles. The van der Waals surface area contributed by atoms with Crippen molar-refractivity contribution in [3.8, 4) is 5.75 Å². The SMILES string of the molecule is Cc1cc(N=S(C)(=O)c2cccnc2)cc2ncnc(Nc3ccc(F)cc3O[C@@H]3CO[C@@H]4CCO[C@@H]43)c12. The molecule has 0 aliphatic carbocycles. The minimum atomic E-state index is -2.70. The highest BCUT2D eigenvalue weighted by Crippen LogP contribution is 2.36. The molecule has 11 heteroatoms. The lowest BCUT2D eigenvalue weighted by molar-refractivity contribution is 0.0310. The number of rotatable bonds is 6. The second-order valence-corrected chi connectivity index (χ2v) is 11.6. The Labute approximate surface area is 219 Å². The van der Waals surface area contributed by atoms with Crippen molar-refractivity contribution in [2.75, 3.05) is 24.8 Å². The molecule has 6 rings (SSSR count). The van der Waals surface area contributed by atoms with Gasteiger partial charge in [-0.05, 0) is 55.3 Å². The van der Waals surface area contributed by atoms with E-state index in [9.17, 15) is 8.60 Å². The lowest BCUT2D eigenvalue weighted by atomic mass is 10.1. The number of benzene rings is 2. The smallest absolute Gasteiger partial charge is 0.151 e. The van der Waals surface area contributed by atoms with Gasteiger partial charge in [-0.2, -0.15) is 4.36 Å². The van der Waals surface area contributed by atoms with Crippen LogP contribution in [0.15, 0.2) is 70.4 Å². The van der Waals surface area contributed by atoms with E-state index in [1.165, 1.54) is 18.5 Å². The van der Waals surface area contributed by atoms with E-state index < -0.39 is 15.5 Å². The van der Waals surface area contributed by atoms with Gasteiger partial charge in [-0.1, -0.05) is 0 Å². The number of ether oxygens (including phenoxy) is 3.